The molecule has 130 valence electrons. The Morgan fingerprint density at radius 1 is 0.800 bits per heavy atom. The molecule has 1 fully saturated rings. The van der Waals surface area contributed by atoms with Gasteiger partial charge in [0, 0.05) is 0 Å². The molecule has 3 aliphatic heterocycles. The van der Waals surface area contributed by atoms with E-state index in [2.05, 4.69) is 0 Å². The first kappa shape index (κ1) is 16.0. The minimum atomic E-state index is -0.523. The number of epoxide rings is 1. The van der Waals surface area contributed by atoms with E-state index in [-0.39, 0.29) is 34.8 Å². The standard InChI is InChI=1S/C9H6F2O2.C9H6F2O/c10-4-1-2-5(11)8-7(4)9-6(13-9)3-12-8;10-7-3-4-8(11)9-6(7)2-1-5-12-9/h1-2,6,9H,3H2;1-4H,5H2. The normalized spacial score (nSPS) is 21.6. The molecule has 5 rings (SSSR count). The highest BCUT2D eigenvalue weighted by Crippen LogP contribution is 2.48. The number of ether oxygens (including phenoxy) is 3. The second-order valence-electron chi connectivity index (χ2n) is 5.66. The molecule has 7 heteroatoms. The van der Waals surface area contributed by atoms with E-state index in [4.69, 9.17) is 14.2 Å². The molecule has 2 aromatic carbocycles. The number of hydrogen-bond acceptors (Lipinski definition) is 3. The molecule has 0 aliphatic carbocycles. The lowest BCUT2D eigenvalue weighted by Gasteiger charge is -2.14. The lowest BCUT2D eigenvalue weighted by Crippen LogP contribution is -2.14. The largest absolute Gasteiger partial charge is 0.487 e. The molecule has 0 saturated carbocycles. The van der Waals surface area contributed by atoms with E-state index in [1.807, 2.05) is 0 Å². The molecule has 0 radical (unpaired) electrons. The summed E-state index contributed by atoms with van der Waals surface area (Å²) in [7, 11) is 0. The highest BCUT2D eigenvalue weighted by Gasteiger charge is 2.48. The van der Waals surface area contributed by atoms with Crippen molar-refractivity contribution in [2.24, 2.45) is 0 Å². The van der Waals surface area contributed by atoms with Crippen molar-refractivity contribution >= 4 is 6.08 Å². The Balaban J connectivity index is 0.000000126. The predicted molar refractivity (Wildman–Crippen MR) is 80.4 cm³/mol. The van der Waals surface area contributed by atoms with Crippen LogP contribution in [-0.2, 0) is 4.74 Å². The van der Waals surface area contributed by atoms with Crippen LogP contribution in [0.3, 0.4) is 0 Å². The zero-order chi connectivity index (χ0) is 17.6. The molecule has 3 aliphatic rings. The van der Waals surface area contributed by atoms with Crippen LogP contribution in [0.15, 0.2) is 30.3 Å². The summed E-state index contributed by atoms with van der Waals surface area (Å²) >= 11 is 0. The van der Waals surface area contributed by atoms with Gasteiger partial charge in [0.05, 0.1) is 11.1 Å². The van der Waals surface area contributed by atoms with Crippen LogP contribution in [0.4, 0.5) is 17.6 Å². The lowest BCUT2D eigenvalue weighted by atomic mass is 10.1. The van der Waals surface area contributed by atoms with E-state index < -0.39 is 23.3 Å². The maximum Gasteiger partial charge on any atom is 0.165 e. The van der Waals surface area contributed by atoms with Crippen molar-refractivity contribution in [3.63, 3.8) is 0 Å². The minimum absolute atomic E-state index is 0.0116. The van der Waals surface area contributed by atoms with Crippen LogP contribution in [0.5, 0.6) is 11.5 Å². The summed E-state index contributed by atoms with van der Waals surface area (Å²) in [6.07, 6.45) is 2.80. The highest BCUT2D eigenvalue weighted by molar-refractivity contribution is 5.60. The first-order chi connectivity index (χ1) is 12.1. The van der Waals surface area contributed by atoms with E-state index >= 15 is 0 Å². The van der Waals surface area contributed by atoms with Crippen molar-refractivity contribution in [1.82, 2.24) is 0 Å². The summed E-state index contributed by atoms with van der Waals surface area (Å²) in [6, 6.07) is 4.32. The molecule has 0 bridgehead atoms. The van der Waals surface area contributed by atoms with Crippen LogP contribution < -0.4 is 9.47 Å². The summed E-state index contributed by atoms with van der Waals surface area (Å²) in [4.78, 5) is 0. The smallest absolute Gasteiger partial charge is 0.165 e. The van der Waals surface area contributed by atoms with Crippen molar-refractivity contribution in [3.05, 3.63) is 64.7 Å². The molecule has 2 unspecified atom stereocenters. The number of fused-ring (bicyclic) bond motifs is 4. The number of benzene rings is 2. The molecule has 0 amide bonds. The molecule has 3 heterocycles. The Morgan fingerprint density at radius 3 is 2.24 bits per heavy atom. The average Bonchev–Trinajstić information content (AvgIpc) is 3.42. The Kier molecular flexibility index (Phi) is 3.88. The quantitative estimate of drug-likeness (QED) is 0.527. The fraction of sp³-hybridized carbons (Fsp3) is 0.222. The van der Waals surface area contributed by atoms with Gasteiger partial charge in [0.1, 0.15) is 37.1 Å². The fourth-order valence-corrected chi connectivity index (χ4v) is 2.80. The van der Waals surface area contributed by atoms with Crippen LogP contribution >= 0.6 is 0 Å². The molecule has 25 heavy (non-hydrogen) atoms. The zero-order valence-corrected chi connectivity index (χ0v) is 12.8. The Hall–Kier alpha value is -2.54. The topological polar surface area (TPSA) is 31.0 Å². The van der Waals surface area contributed by atoms with E-state index in [0.717, 1.165) is 24.3 Å². The second kappa shape index (κ2) is 6.07. The van der Waals surface area contributed by atoms with Gasteiger partial charge in [0.2, 0.25) is 0 Å². The monoisotopic (exact) mass is 352 g/mol. The van der Waals surface area contributed by atoms with Crippen LogP contribution in [0, 0.1) is 23.3 Å². The van der Waals surface area contributed by atoms with Gasteiger partial charge in [0.15, 0.2) is 23.1 Å². The lowest BCUT2D eigenvalue weighted by molar-refractivity contribution is 0.257. The molecular formula is C18H12F4O3. The van der Waals surface area contributed by atoms with Crippen molar-refractivity contribution in [1.29, 1.82) is 0 Å². The summed E-state index contributed by atoms with van der Waals surface area (Å²) in [5.41, 5.74) is 0.428. The van der Waals surface area contributed by atoms with Gasteiger partial charge in [0.25, 0.3) is 0 Å². The fourth-order valence-electron chi connectivity index (χ4n) is 2.80. The number of halogens is 4. The van der Waals surface area contributed by atoms with Gasteiger partial charge in [-0.25, -0.2) is 17.6 Å². The van der Waals surface area contributed by atoms with E-state index in [9.17, 15) is 17.6 Å². The van der Waals surface area contributed by atoms with Gasteiger partial charge in [-0.2, -0.15) is 0 Å². The molecule has 2 atom stereocenters. The molecule has 3 nitrogen and oxygen atoms in total. The maximum absolute atomic E-state index is 13.2. The van der Waals surface area contributed by atoms with Gasteiger partial charge in [-0.15, -0.1) is 0 Å². The SMILES string of the molecule is Fc1ccc(F)c2c1C=CCO2.Fc1ccc(F)c2c1OCC1OC21. The van der Waals surface area contributed by atoms with Crippen molar-refractivity contribution in [2.45, 2.75) is 12.2 Å². The van der Waals surface area contributed by atoms with Gasteiger partial charge in [-0.05, 0) is 36.4 Å². The van der Waals surface area contributed by atoms with Crippen LogP contribution in [0.2, 0.25) is 0 Å². The Morgan fingerprint density at radius 2 is 1.48 bits per heavy atom. The number of hydrogen-bond donors (Lipinski definition) is 0. The molecule has 0 N–H and O–H groups in total. The van der Waals surface area contributed by atoms with Crippen molar-refractivity contribution < 1.29 is 31.8 Å². The van der Waals surface area contributed by atoms with Crippen LogP contribution in [-0.4, -0.2) is 19.3 Å². The third-order valence-electron chi connectivity index (χ3n) is 4.06. The molecule has 0 spiro atoms. The van der Waals surface area contributed by atoms with Crippen molar-refractivity contribution in [3.8, 4) is 11.5 Å². The summed E-state index contributed by atoms with van der Waals surface area (Å²) in [5, 5.41) is 0. The van der Waals surface area contributed by atoms with Crippen molar-refractivity contribution in [2.75, 3.05) is 13.2 Å². The van der Waals surface area contributed by atoms with Gasteiger partial charge >= 0.3 is 0 Å². The van der Waals surface area contributed by atoms with E-state index in [0.29, 0.717) is 13.2 Å². The molecule has 2 aromatic rings. The molecular weight excluding hydrogens is 340 g/mol. The summed E-state index contributed by atoms with van der Waals surface area (Å²) < 4.78 is 67.3. The summed E-state index contributed by atoms with van der Waals surface area (Å²) in [6.45, 7) is 0.616. The van der Waals surface area contributed by atoms with E-state index in [1.165, 1.54) is 6.08 Å². The number of rotatable bonds is 0. The van der Waals surface area contributed by atoms with Gasteiger partial charge in [-0.3, -0.25) is 0 Å². The highest BCUT2D eigenvalue weighted by atomic mass is 19.1. The van der Waals surface area contributed by atoms with E-state index in [1.54, 1.807) is 6.08 Å². The Labute approximate surface area is 140 Å². The molecule has 0 aromatic heterocycles. The van der Waals surface area contributed by atoms with Gasteiger partial charge in [-0.1, -0.05) is 0 Å². The van der Waals surface area contributed by atoms with Crippen LogP contribution in [0.1, 0.15) is 17.2 Å². The third kappa shape index (κ3) is 2.84. The van der Waals surface area contributed by atoms with Gasteiger partial charge < -0.3 is 14.2 Å². The maximum atomic E-state index is 13.2. The Bertz CT molecular complexity index is 866. The minimum Gasteiger partial charge on any atom is -0.487 e. The first-order valence-corrected chi connectivity index (χ1v) is 7.59. The average molecular weight is 352 g/mol. The summed E-state index contributed by atoms with van der Waals surface area (Å²) in [5.74, 6) is -1.93. The second-order valence-corrected chi connectivity index (χ2v) is 5.66. The predicted octanol–water partition coefficient (Wildman–Crippen LogP) is 4.17. The molecule has 1 saturated heterocycles. The third-order valence-corrected chi connectivity index (χ3v) is 4.06. The van der Waals surface area contributed by atoms with Crippen LogP contribution in [0.25, 0.3) is 6.08 Å². The first-order valence-electron chi connectivity index (χ1n) is 7.59. The zero-order valence-electron chi connectivity index (χ0n) is 12.8.